The van der Waals surface area contributed by atoms with E-state index in [1.54, 1.807) is 0 Å². The number of aliphatic hydroxyl groups excluding tert-OH is 1. The van der Waals surface area contributed by atoms with Crippen LogP contribution in [0.4, 0.5) is 0 Å². The third-order valence-corrected chi connectivity index (χ3v) is 4.00. The molecule has 1 aliphatic heterocycles. The summed E-state index contributed by atoms with van der Waals surface area (Å²) in [4.78, 5) is 4.98. The monoisotopic (exact) mass is 271 g/mol. The Balaban J connectivity index is 2.27. The van der Waals surface area contributed by atoms with Crippen molar-refractivity contribution >= 4 is 0 Å². The van der Waals surface area contributed by atoms with E-state index in [0.717, 1.165) is 19.4 Å². The zero-order valence-electron chi connectivity index (χ0n) is 13.3. The molecule has 0 amide bonds. The highest BCUT2D eigenvalue weighted by molar-refractivity contribution is 4.84. The predicted molar refractivity (Wildman–Crippen MR) is 81.6 cm³/mol. The molecule has 1 aliphatic rings. The standard InChI is InChI=1S/C15H33N3O/c1-14(2)16-15(3,13-19)7-5-9-18-10-6-8-17(4)11-12-18/h14,16,19H,5-13H2,1-4H3. The minimum atomic E-state index is -0.128. The summed E-state index contributed by atoms with van der Waals surface area (Å²) in [6, 6.07) is 0.420. The number of hydrogen-bond donors (Lipinski definition) is 2. The largest absolute Gasteiger partial charge is 0.394 e. The van der Waals surface area contributed by atoms with Crippen molar-refractivity contribution in [1.82, 2.24) is 15.1 Å². The fraction of sp³-hybridized carbons (Fsp3) is 1.00. The average Bonchev–Trinajstić information content (AvgIpc) is 2.53. The normalized spacial score (nSPS) is 22.4. The molecular formula is C15H33N3O. The Morgan fingerprint density at radius 2 is 1.95 bits per heavy atom. The summed E-state index contributed by atoms with van der Waals surface area (Å²) >= 11 is 0. The lowest BCUT2D eigenvalue weighted by molar-refractivity contribution is 0.148. The van der Waals surface area contributed by atoms with Crippen molar-refractivity contribution in [3.63, 3.8) is 0 Å². The Morgan fingerprint density at radius 1 is 1.21 bits per heavy atom. The van der Waals surface area contributed by atoms with Crippen LogP contribution in [0.2, 0.25) is 0 Å². The number of nitrogens with zero attached hydrogens (tertiary/aromatic N) is 2. The van der Waals surface area contributed by atoms with E-state index in [4.69, 9.17) is 0 Å². The molecule has 4 nitrogen and oxygen atoms in total. The van der Waals surface area contributed by atoms with Crippen molar-refractivity contribution in [2.75, 3.05) is 46.4 Å². The third kappa shape index (κ3) is 6.70. The first-order valence-electron chi connectivity index (χ1n) is 7.75. The molecular weight excluding hydrogens is 238 g/mol. The van der Waals surface area contributed by atoms with Crippen LogP contribution in [0, 0.1) is 0 Å². The smallest absolute Gasteiger partial charge is 0.0610 e. The van der Waals surface area contributed by atoms with Gasteiger partial charge in [-0.05, 0) is 52.9 Å². The summed E-state index contributed by atoms with van der Waals surface area (Å²) in [6.07, 6.45) is 3.46. The van der Waals surface area contributed by atoms with E-state index in [1.807, 2.05) is 0 Å². The van der Waals surface area contributed by atoms with Gasteiger partial charge in [0.05, 0.1) is 6.61 Å². The first-order chi connectivity index (χ1) is 8.95. The van der Waals surface area contributed by atoms with E-state index < -0.39 is 0 Å². The van der Waals surface area contributed by atoms with Crippen LogP contribution in [0.3, 0.4) is 0 Å². The van der Waals surface area contributed by atoms with E-state index in [1.165, 1.54) is 32.6 Å². The van der Waals surface area contributed by atoms with Gasteiger partial charge in [0.1, 0.15) is 0 Å². The summed E-state index contributed by atoms with van der Waals surface area (Å²) in [5, 5.41) is 13.1. The molecule has 0 aliphatic carbocycles. The Labute approximate surface area is 119 Å². The molecule has 0 spiro atoms. The lowest BCUT2D eigenvalue weighted by Crippen LogP contribution is -2.49. The van der Waals surface area contributed by atoms with Crippen molar-refractivity contribution in [3.05, 3.63) is 0 Å². The van der Waals surface area contributed by atoms with Crippen LogP contribution in [0.1, 0.15) is 40.0 Å². The van der Waals surface area contributed by atoms with E-state index >= 15 is 0 Å². The van der Waals surface area contributed by atoms with Crippen LogP contribution in [0.5, 0.6) is 0 Å². The van der Waals surface area contributed by atoms with Gasteiger partial charge in [0, 0.05) is 24.7 Å². The Bertz CT molecular complexity index is 248. The van der Waals surface area contributed by atoms with Crippen molar-refractivity contribution in [3.8, 4) is 0 Å². The second-order valence-corrected chi connectivity index (χ2v) is 6.62. The molecule has 2 N–H and O–H groups in total. The summed E-state index contributed by atoms with van der Waals surface area (Å²) in [6.45, 7) is 12.6. The molecule has 0 aromatic carbocycles. The van der Waals surface area contributed by atoms with Gasteiger partial charge in [-0.3, -0.25) is 0 Å². The molecule has 19 heavy (non-hydrogen) atoms. The van der Waals surface area contributed by atoms with Crippen LogP contribution >= 0.6 is 0 Å². The first-order valence-corrected chi connectivity index (χ1v) is 7.75. The van der Waals surface area contributed by atoms with E-state index in [2.05, 4.69) is 42.9 Å². The average molecular weight is 271 g/mol. The Hall–Kier alpha value is -0.160. The minimum absolute atomic E-state index is 0.128. The molecule has 1 heterocycles. The molecule has 0 aromatic heterocycles. The SMILES string of the molecule is CC(C)NC(C)(CO)CCCN1CCCN(C)CC1. The van der Waals surface area contributed by atoms with Gasteiger partial charge >= 0.3 is 0 Å². The van der Waals surface area contributed by atoms with Crippen LogP contribution in [-0.2, 0) is 0 Å². The molecule has 0 radical (unpaired) electrons. The summed E-state index contributed by atoms with van der Waals surface area (Å²) < 4.78 is 0. The lowest BCUT2D eigenvalue weighted by Gasteiger charge is -2.32. The topological polar surface area (TPSA) is 38.7 Å². The molecule has 1 fully saturated rings. The maximum absolute atomic E-state index is 9.57. The van der Waals surface area contributed by atoms with Crippen molar-refractivity contribution in [2.45, 2.75) is 51.6 Å². The number of nitrogens with one attached hydrogen (secondary N) is 1. The number of likely N-dealkylation sites (N-methyl/N-ethyl adjacent to an activating group) is 1. The van der Waals surface area contributed by atoms with Crippen molar-refractivity contribution < 1.29 is 5.11 Å². The molecule has 1 rings (SSSR count). The van der Waals surface area contributed by atoms with Crippen molar-refractivity contribution in [2.24, 2.45) is 0 Å². The van der Waals surface area contributed by atoms with Crippen LogP contribution in [-0.4, -0.2) is 72.9 Å². The number of rotatable bonds is 7. The van der Waals surface area contributed by atoms with E-state index in [9.17, 15) is 5.11 Å². The van der Waals surface area contributed by atoms with E-state index in [-0.39, 0.29) is 12.1 Å². The zero-order valence-corrected chi connectivity index (χ0v) is 13.3. The molecule has 1 unspecified atom stereocenters. The highest BCUT2D eigenvalue weighted by Gasteiger charge is 2.23. The number of aliphatic hydroxyl groups is 1. The van der Waals surface area contributed by atoms with Gasteiger partial charge in [-0.1, -0.05) is 13.8 Å². The summed E-state index contributed by atoms with van der Waals surface area (Å²) in [5.74, 6) is 0. The third-order valence-electron chi connectivity index (χ3n) is 4.00. The highest BCUT2D eigenvalue weighted by Crippen LogP contribution is 2.14. The molecule has 0 aromatic rings. The minimum Gasteiger partial charge on any atom is -0.394 e. The maximum Gasteiger partial charge on any atom is 0.0610 e. The van der Waals surface area contributed by atoms with Gasteiger partial charge < -0.3 is 20.2 Å². The van der Waals surface area contributed by atoms with E-state index in [0.29, 0.717) is 6.04 Å². The van der Waals surface area contributed by atoms with Crippen LogP contribution in [0.25, 0.3) is 0 Å². The summed E-state index contributed by atoms with van der Waals surface area (Å²) in [7, 11) is 2.21. The second kappa shape index (κ2) is 8.20. The quantitative estimate of drug-likeness (QED) is 0.729. The Morgan fingerprint density at radius 3 is 2.58 bits per heavy atom. The molecule has 4 heteroatoms. The van der Waals surface area contributed by atoms with Crippen molar-refractivity contribution in [1.29, 1.82) is 0 Å². The molecule has 1 saturated heterocycles. The number of hydrogen-bond acceptors (Lipinski definition) is 4. The van der Waals surface area contributed by atoms with Gasteiger partial charge in [0.2, 0.25) is 0 Å². The van der Waals surface area contributed by atoms with Crippen LogP contribution in [0.15, 0.2) is 0 Å². The van der Waals surface area contributed by atoms with Crippen LogP contribution < -0.4 is 5.32 Å². The second-order valence-electron chi connectivity index (χ2n) is 6.62. The fourth-order valence-corrected chi connectivity index (χ4v) is 2.91. The highest BCUT2D eigenvalue weighted by atomic mass is 16.3. The molecule has 1 atom stereocenters. The van der Waals surface area contributed by atoms with Gasteiger partial charge in [-0.2, -0.15) is 0 Å². The fourth-order valence-electron chi connectivity index (χ4n) is 2.91. The van der Waals surface area contributed by atoms with Gasteiger partial charge in [-0.15, -0.1) is 0 Å². The first kappa shape index (κ1) is 16.9. The zero-order chi connectivity index (χ0) is 14.3. The van der Waals surface area contributed by atoms with Gasteiger partial charge in [0.25, 0.3) is 0 Å². The summed E-state index contributed by atoms with van der Waals surface area (Å²) in [5.41, 5.74) is -0.128. The Kier molecular flexibility index (Phi) is 7.29. The lowest BCUT2D eigenvalue weighted by atomic mass is 9.95. The molecule has 114 valence electrons. The van der Waals surface area contributed by atoms with Gasteiger partial charge in [-0.25, -0.2) is 0 Å². The molecule has 0 saturated carbocycles. The maximum atomic E-state index is 9.57. The predicted octanol–water partition coefficient (Wildman–Crippen LogP) is 1.15. The molecule has 0 bridgehead atoms. The van der Waals surface area contributed by atoms with Gasteiger partial charge in [0.15, 0.2) is 0 Å².